The predicted octanol–water partition coefficient (Wildman–Crippen LogP) is 2.99. The van der Waals surface area contributed by atoms with Crippen molar-refractivity contribution in [2.24, 2.45) is 0 Å². The molecule has 0 aliphatic carbocycles. The minimum absolute atomic E-state index is 0.129. The number of non-ortho nitro benzene ring substituents is 1. The summed E-state index contributed by atoms with van der Waals surface area (Å²) in [6, 6.07) is 12.9. The molecule has 0 saturated heterocycles. The molecule has 1 N–H and O–H groups in total. The molecule has 0 bridgehead atoms. The van der Waals surface area contributed by atoms with E-state index >= 15 is 0 Å². The van der Waals surface area contributed by atoms with Gasteiger partial charge in [-0.15, -0.1) is 0 Å². The van der Waals surface area contributed by atoms with E-state index in [0.717, 1.165) is 29.7 Å². The van der Waals surface area contributed by atoms with Crippen LogP contribution in [0.1, 0.15) is 28.4 Å². The zero-order chi connectivity index (χ0) is 16.4. The molecule has 5 nitrogen and oxygen atoms in total. The number of benzene rings is 2. The summed E-state index contributed by atoms with van der Waals surface area (Å²) in [7, 11) is 0. The zero-order valence-electron chi connectivity index (χ0n) is 13.1. The van der Waals surface area contributed by atoms with Gasteiger partial charge in [0.15, 0.2) is 0 Å². The van der Waals surface area contributed by atoms with Crippen molar-refractivity contribution in [1.82, 2.24) is 4.90 Å². The number of rotatable bonds is 4. The lowest BCUT2D eigenvalue weighted by Crippen LogP contribution is -2.34. The van der Waals surface area contributed by atoms with Gasteiger partial charge in [-0.2, -0.15) is 0 Å². The first-order valence-corrected chi connectivity index (χ1v) is 7.76. The van der Waals surface area contributed by atoms with E-state index in [1.165, 1.54) is 5.56 Å². The third-order valence-corrected chi connectivity index (χ3v) is 4.39. The summed E-state index contributed by atoms with van der Waals surface area (Å²) in [6.07, 6.45) is 0.310. The van der Waals surface area contributed by atoms with Crippen LogP contribution in [0.2, 0.25) is 0 Å². The Morgan fingerprint density at radius 2 is 1.96 bits per heavy atom. The smallest absolute Gasteiger partial charge is 0.269 e. The standard InChI is InChI=1S/C18H20N2O3/c1-13-2-4-15(5-3-13)18(21)12-19-9-8-14-6-7-17(20(22)23)10-16(14)11-19/h2-7,10,18,21H,8-9,11-12H2,1H3. The lowest BCUT2D eigenvalue weighted by Gasteiger charge is -2.30. The Kier molecular flexibility index (Phi) is 4.41. The van der Waals surface area contributed by atoms with Gasteiger partial charge in [0.2, 0.25) is 0 Å². The van der Waals surface area contributed by atoms with Crippen LogP contribution in [0.5, 0.6) is 0 Å². The van der Waals surface area contributed by atoms with E-state index in [2.05, 4.69) is 4.90 Å². The van der Waals surface area contributed by atoms with Crippen molar-refractivity contribution in [3.63, 3.8) is 0 Å². The van der Waals surface area contributed by atoms with Crippen LogP contribution in [-0.4, -0.2) is 28.0 Å². The molecule has 0 spiro atoms. The van der Waals surface area contributed by atoms with E-state index in [4.69, 9.17) is 0 Å². The van der Waals surface area contributed by atoms with Crippen molar-refractivity contribution in [2.75, 3.05) is 13.1 Å². The second-order valence-corrected chi connectivity index (χ2v) is 6.12. The fraction of sp³-hybridized carbons (Fsp3) is 0.333. The summed E-state index contributed by atoms with van der Waals surface area (Å²) < 4.78 is 0. The summed E-state index contributed by atoms with van der Waals surface area (Å²) in [5.74, 6) is 0. The van der Waals surface area contributed by atoms with E-state index in [0.29, 0.717) is 13.1 Å². The molecule has 0 fully saturated rings. The molecule has 120 valence electrons. The van der Waals surface area contributed by atoms with Crippen LogP contribution in [0.25, 0.3) is 0 Å². The van der Waals surface area contributed by atoms with Gasteiger partial charge in [0.05, 0.1) is 11.0 Å². The highest BCUT2D eigenvalue weighted by atomic mass is 16.6. The van der Waals surface area contributed by atoms with Crippen LogP contribution < -0.4 is 0 Å². The fourth-order valence-corrected chi connectivity index (χ4v) is 3.01. The summed E-state index contributed by atoms with van der Waals surface area (Å²) in [4.78, 5) is 12.7. The second kappa shape index (κ2) is 6.48. The number of β-amino-alcohol motifs (C(OH)–C–C–N with tert-alkyl or cyclic N) is 1. The lowest BCUT2D eigenvalue weighted by atomic mass is 9.98. The molecular formula is C18H20N2O3. The fourth-order valence-electron chi connectivity index (χ4n) is 3.01. The first-order chi connectivity index (χ1) is 11.0. The van der Waals surface area contributed by atoms with Crippen molar-refractivity contribution in [2.45, 2.75) is 26.0 Å². The van der Waals surface area contributed by atoms with Gasteiger partial charge >= 0.3 is 0 Å². The molecule has 1 aliphatic rings. The number of hydrogen-bond acceptors (Lipinski definition) is 4. The minimum atomic E-state index is -0.546. The van der Waals surface area contributed by atoms with Gasteiger partial charge < -0.3 is 5.11 Å². The van der Waals surface area contributed by atoms with Gasteiger partial charge in [-0.05, 0) is 30.0 Å². The van der Waals surface area contributed by atoms with E-state index in [1.54, 1.807) is 12.1 Å². The van der Waals surface area contributed by atoms with Gasteiger partial charge in [0.1, 0.15) is 0 Å². The molecule has 1 aliphatic heterocycles. The summed E-state index contributed by atoms with van der Waals surface area (Å²) >= 11 is 0. The third kappa shape index (κ3) is 3.57. The molecule has 1 unspecified atom stereocenters. The Labute approximate surface area is 135 Å². The molecule has 2 aromatic rings. The number of nitro groups is 1. The van der Waals surface area contributed by atoms with Crippen molar-refractivity contribution in [3.8, 4) is 0 Å². The van der Waals surface area contributed by atoms with E-state index in [1.807, 2.05) is 37.3 Å². The first kappa shape index (κ1) is 15.6. The number of nitrogens with zero attached hydrogens (tertiary/aromatic N) is 2. The Balaban J connectivity index is 1.70. The van der Waals surface area contributed by atoms with Crippen LogP contribution in [-0.2, 0) is 13.0 Å². The van der Waals surface area contributed by atoms with Crippen LogP contribution >= 0.6 is 0 Å². The first-order valence-electron chi connectivity index (χ1n) is 7.76. The van der Waals surface area contributed by atoms with Crippen molar-refractivity contribution in [1.29, 1.82) is 0 Å². The van der Waals surface area contributed by atoms with Gasteiger partial charge in [-0.25, -0.2) is 0 Å². The molecule has 1 atom stereocenters. The normalized spacial score (nSPS) is 15.9. The zero-order valence-corrected chi connectivity index (χ0v) is 13.1. The summed E-state index contributed by atoms with van der Waals surface area (Å²) in [5.41, 5.74) is 4.35. The highest BCUT2D eigenvalue weighted by Gasteiger charge is 2.21. The SMILES string of the molecule is Cc1ccc(C(O)CN2CCc3ccc([N+](=O)[O-])cc3C2)cc1. The average Bonchev–Trinajstić information content (AvgIpc) is 2.54. The van der Waals surface area contributed by atoms with Crippen molar-refractivity contribution >= 4 is 5.69 Å². The van der Waals surface area contributed by atoms with Gasteiger partial charge in [-0.3, -0.25) is 15.0 Å². The summed E-state index contributed by atoms with van der Waals surface area (Å²) in [5, 5.41) is 21.3. The Hall–Kier alpha value is -2.24. The number of aliphatic hydroxyl groups is 1. The van der Waals surface area contributed by atoms with E-state index in [-0.39, 0.29) is 10.6 Å². The quantitative estimate of drug-likeness (QED) is 0.696. The van der Waals surface area contributed by atoms with Crippen LogP contribution in [0.3, 0.4) is 0 Å². The highest BCUT2D eigenvalue weighted by molar-refractivity contribution is 5.41. The van der Waals surface area contributed by atoms with Gasteiger partial charge in [0.25, 0.3) is 5.69 Å². The maximum Gasteiger partial charge on any atom is 0.269 e. The molecule has 1 heterocycles. The minimum Gasteiger partial charge on any atom is -0.387 e. The molecule has 0 radical (unpaired) electrons. The van der Waals surface area contributed by atoms with Crippen LogP contribution in [0, 0.1) is 17.0 Å². The topological polar surface area (TPSA) is 66.6 Å². The number of hydrogen-bond donors (Lipinski definition) is 1. The maximum atomic E-state index is 10.9. The Bertz CT molecular complexity index is 713. The molecule has 2 aromatic carbocycles. The molecule has 3 rings (SSSR count). The van der Waals surface area contributed by atoms with Crippen molar-refractivity contribution in [3.05, 3.63) is 74.8 Å². The highest BCUT2D eigenvalue weighted by Crippen LogP contribution is 2.25. The van der Waals surface area contributed by atoms with Crippen molar-refractivity contribution < 1.29 is 10.0 Å². The van der Waals surface area contributed by atoms with E-state index < -0.39 is 6.10 Å². The molecule has 0 saturated carbocycles. The predicted molar refractivity (Wildman–Crippen MR) is 88.2 cm³/mol. The number of nitro benzene ring substituents is 1. The lowest BCUT2D eigenvalue weighted by molar-refractivity contribution is -0.385. The van der Waals surface area contributed by atoms with E-state index in [9.17, 15) is 15.2 Å². The number of aryl methyl sites for hydroxylation is 1. The molecular weight excluding hydrogens is 292 g/mol. The largest absolute Gasteiger partial charge is 0.387 e. The van der Waals surface area contributed by atoms with Crippen LogP contribution in [0.15, 0.2) is 42.5 Å². The molecule has 0 aromatic heterocycles. The average molecular weight is 312 g/mol. The van der Waals surface area contributed by atoms with Crippen LogP contribution in [0.4, 0.5) is 5.69 Å². The number of fused-ring (bicyclic) bond motifs is 1. The number of aliphatic hydroxyl groups excluding tert-OH is 1. The molecule has 5 heteroatoms. The second-order valence-electron chi connectivity index (χ2n) is 6.12. The third-order valence-electron chi connectivity index (χ3n) is 4.39. The van der Waals surface area contributed by atoms with Gasteiger partial charge in [-0.1, -0.05) is 35.9 Å². The Morgan fingerprint density at radius 1 is 1.22 bits per heavy atom. The Morgan fingerprint density at radius 3 is 2.65 bits per heavy atom. The monoisotopic (exact) mass is 312 g/mol. The molecule has 23 heavy (non-hydrogen) atoms. The van der Waals surface area contributed by atoms with Gasteiger partial charge in [0, 0.05) is 31.8 Å². The maximum absolute atomic E-state index is 10.9. The summed E-state index contributed by atoms with van der Waals surface area (Å²) in [6.45, 7) is 4.05. The molecule has 0 amide bonds.